The molecule has 2 fully saturated rings. The van der Waals surface area contributed by atoms with Crippen LogP contribution in [-0.2, 0) is 4.79 Å². The van der Waals surface area contributed by atoms with E-state index in [0.29, 0.717) is 42.8 Å². The number of carbonyl (C=O) groups is 3. The third kappa shape index (κ3) is 5.28. The SMILES string of the molecule is COc1cccc(C(=O)N2CCC(C(NC(=O)c3ccccc3)C(=O)NC3CC3)CC2)c1. The average Bonchev–Trinajstić information content (AvgIpc) is 3.66. The smallest absolute Gasteiger partial charge is 0.253 e. The van der Waals surface area contributed by atoms with Crippen molar-refractivity contribution in [1.29, 1.82) is 0 Å². The van der Waals surface area contributed by atoms with Gasteiger partial charge in [0.2, 0.25) is 5.91 Å². The van der Waals surface area contributed by atoms with Crippen LogP contribution in [0.25, 0.3) is 0 Å². The van der Waals surface area contributed by atoms with E-state index in [2.05, 4.69) is 10.6 Å². The van der Waals surface area contributed by atoms with Crippen LogP contribution < -0.4 is 15.4 Å². The number of nitrogens with one attached hydrogen (secondary N) is 2. The molecule has 4 rings (SSSR count). The van der Waals surface area contributed by atoms with Crippen LogP contribution in [0, 0.1) is 5.92 Å². The molecule has 1 aliphatic heterocycles. The third-order valence-electron chi connectivity index (χ3n) is 6.14. The molecule has 7 heteroatoms. The van der Waals surface area contributed by atoms with Gasteiger partial charge in [-0.1, -0.05) is 24.3 Å². The van der Waals surface area contributed by atoms with Crippen molar-refractivity contribution < 1.29 is 19.1 Å². The molecule has 1 unspecified atom stereocenters. The van der Waals surface area contributed by atoms with E-state index in [4.69, 9.17) is 4.74 Å². The van der Waals surface area contributed by atoms with Gasteiger partial charge in [0.15, 0.2) is 0 Å². The molecule has 7 nitrogen and oxygen atoms in total. The zero-order valence-corrected chi connectivity index (χ0v) is 18.3. The number of nitrogens with zero attached hydrogens (tertiary/aromatic N) is 1. The average molecular weight is 436 g/mol. The van der Waals surface area contributed by atoms with Gasteiger partial charge in [0.25, 0.3) is 11.8 Å². The summed E-state index contributed by atoms with van der Waals surface area (Å²) in [6.45, 7) is 1.07. The molecular formula is C25H29N3O4. The zero-order chi connectivity index (χ0) is 22.5. The minimum atomic E-state index is -0.614. The van der Waals surface area contributed by atoms with E-state index < -0.39 is 6.04 Å². The summed E-state index contributed by atoms with van der Waals surface area (Å²) < 4.78 is 5.22. The van der Waals surface area contributed by atoms with E-state index in [0.717, 1.165) is 12.8 Å². The van der Waals surface area contributed by atoms with Gasteiger partial charge >= 0.3 is 0 Å². The maximum atomic E-state index is 12.9. The van der Waals surface area contributed by atoms with Crippen LogP contribution >= 0.6 is 0 Å². The van der Waals surface area contributed by atoms with Gasteiger partial charge in [-0.3, -0.25) is 14.4 Å². The summed E-state index contributed by atoms with van der Waals surface area (Å²) in [5.74, 6) is 0.183. The fourth-order valence-electron chi connectivity index (χ4n) is 4.10. The highest BCUT2D eigenvalue weighted by atomic mass is 16.5. The zero-order valence-electron chi connectivity index (χ0n) is 18.3. The van der Waals surface area contributed by atoms with Crippen molar-refractivity contribution in [3.8, 4) is 5.75 Å². The molecule has 1 heterocycles. The van der Waals surface area contributed by atoms with Gasteiger partial charge in [-0.2, -0.15) is 0 Å². The number of hydrogen-bond acceptors (Lipinski definition) is 4. The Hall–Kier alpha value is -3.35. The van der Waals surface area contributed by atoms with Crippen LogP contribution in [0.4, 0.5) is 0 Å². The topological polar surface area (TPSA) is 87.7 Å². The molecule has 32 heavy (non-hydrogen) atoms. The van der Waals surface area contributed by atoms with Crippen molar-refractivity contribution in [2.75, 3.05) is 20.2 Å². The lowest BCUT2D eigenvalue weighted by atomic mass is 9.88. The number of benzene rings is 2. The van der Waals surface area contributed by atoms with Crippen molar-refractivity contribution in [2.24, 2.45) is 5.92 Å². The highest BCUT2D eigenvalue weighted by Crippen LogP contribution is 2.25. The van der Waals surface area contributed by atoms with Gasteiger partial charge in [-0.25, -0.2) is 0 Å². The number of piperidine rings is 1. The molecule has 1 saturated carbocycles. The molecular weight excluding hydrogens is 406 g/mol. The van der Waals surface area contributed by atoms with Gasteiger partial charge in [-0.15, -0.1) is 0 Å². The van der Waals surface area contributed by atoms with Gasteiger partial charge in [0.1, 0.15) is 11.8 Å². The molecule has 0 radical (unpaired) electrons. The fraction of sp³-hybridized carbons (Fsp3) is 0.400. The quantitative estimate of drug-likeness (QED) is 0.700. The second-order valence-corrected chi connectivity index (χ2v) is 8.46. The normalized spacial score (nSPS) is 17.3. The summed E-state index contributed by atoms with van der Waals surface area (Å²) >= 11 is 0. The summed E-state index contributed by atoms with van der Waals surface area (Å²) in [5, 5.41) is 5.99. The predicted octanol–water partition coefficient (Wildman–Crippen LogP) is 2.62. The highest BCUT2D eigenvalue weighted by molar-refractivity contribution is 5.98. The van der Waals surface area contributed by atoms with Gasteiger partial charge in [-0.05, 0) is 61.9 Å². The van der Waals surface area contributed by atoms with Crippen LogP contribution in [0.5, 0.6) is 5.75 Å². The Kier molecular flexibility index (Phi) is 6.73. The minimum absolute atomic E-state index is 0.0317. The van der Waals surface area contributed by atoms with Crippen molar-refractivity contribution in [2.45, 2.75) is 37.8 Å². The number of rotatable bonds is 7. The van der Waals surface area contributed by atoms with Crippen LogP contribution in [-0.4, -0.2) is 54.9 Å². The molecule has 168 valence electrons. The van der Waals surface area contributed by atoms with Gasteiger partial charge < -0.3 is 20.3 Å². The second kappa shape index (κ2) is 9.85. The Morgan fingerprint density at radius 2 is 1.62 bits per heavy atom. The highest BCUT2D eigenvalue weighted by Gasteiger charge is 2.36. The number of methoxy groups -OCH3 is 1. The van der Waals surface area contributed by atoms with Gasteiger partial charge in [0.05, 0.1) is 7.11 Å². The molecule has 2 aliphatic rings. The number of likely N-dealkylation sites (tertiary alicyclic amines) is 1. The van der Waals surface area contributed by atoms with Crippen molar-refractivity contribution in [1.82, 2.24) is 15.5 Å². The first kappa shape index (κ1) is 21.9. The second-order valence-electron chi connectivity index (χ2n) is 8.46. The molecule has 2 N–H and O–H groups in total. The van der Waals surface area contributed by atoms with Crippen molar-refractivity contribution in [3.05, 3.63) is 65.7 Å². The predicted molar refractivity (Wildman–Crippen MR) is 120 cm³/mol. The lowest BCUT2D eigenvalue weighted by molar-refractivity contribution is -0.124. The molecule has 3 amide bonds. The maximum absolute atomic E-state index is 12.9. The van der Waals surface area contributed by atoms with Gasteiger partial charge in [0, 0.05) is 30.3 Å². The summed E-state index contributed by atoms with van der Waals surface area (Å²) in [6.07, 6.45) is 3.26. The van der Waals surface area contributed by atoms with Crippen molar-refractivity contribution >= 4 is 17.7 Å². The summed E-state index contributed by atoms with van der Waals surface area (Å²) in [4.78, 5) is 40.4. The first-order valence-corrected chi connectivity index (χ1v) is 11.1. The Morgan fingerprint density at radius 3 is 2.28 bits per heavy atom. The molecule has 0 spiro atoms. The Morgan fingerprint density at radius 1 is 0.938 bits per heavy atom. The largest absolute Gasteiger partial charge is 0.497 e. The number of amides is 3. The van der Waals surface area contributed by atoms with Crippen molar-refractivity contribution in [3.63, 3.8) is 0 Å². The van der Waals surface area contributed by atoms with E-state index in [1.165, 1.54) is 0 Å². The van der Waals surface area contributed by atoms with Crippen LogP contribution in [0.3, 0.4) is 0 Å². The van der Waals surface area contributed by atoms with E-state index in [1.807, 2.05) is 12.1 Å². The van der Waals surface area contributed by atoms with E-state index >= 15 is 0 Å². The summed E-state index contributed by atoms with van der Waals surface area (Å²) in [5.41, 5.74) is 1.12. The first-order valence-electron chi connectivity index (χ1n) is 11.1. The number of ether oxygens (including phenoxy) is 1. The maximum Gasteiger partial charge on any atom is 0.253 e. The monoisotopic (exact) mass is 435 g/mol. The van der Waals surface area contributed by atoms with E-state index in [1.54, 1.807) is 54.5 Å². The fourth-order valence-corrected chi connectivity index (χ4v) is 4.10. The van der Waals surface area contributed by atoms with E-state index in [9.17, 15) is 14.4 Å². The standard InChI is InChI=1S/C25H29N3O4/c1-32-21-9-5-8-19(16-21)25(31)28-14-12-17(13-15-28)22(24(30)26-20-10-11-20)27-23(29)18-6-3-2-4-7-18/h2-9,16-17,20,22H,10-15H2,1H3,(H,26,30)(H,27,29). The Labute approximate surface area is 188 Å². The van der Waals surface area contributed by atoms with Crippen LogP contribution in [0.2, 0.25) is 0 Å². The number of carbonyl (C=O) groups excluding carboxylic acids is 3. The molecule has 0 bridgehead atoms. The molecule has 2 aromatic carbocycles. The summed E-state index contributed by atoms with van der Waals surface area (Å²) in [7, 11) is 1.58. The molecule has 0 aromatic heterocycles. The van der Waals surface area contributed by atoms with Crippen LogP contribution in [0.1, 0.15) is 46.4 Å². The first-order chi connectivity index (χ1) is 15.5. The molecule has 1 atom stereocenters. The Balaban J connectivity index is 1.41. The molecule has 1 aliphatic carbocycles. The Bertz CT molecular complexity index is 966. The summed E-state index contributed by atoms with van der Waals surface area (Å²) in [6, 6.07) is 15.7. The number of hydrogen-bond donors (Lipinski definition) is 2. The van der Waals surface area contributed by atoms with Crippen LogP contribution in [0.15, 0.2) is 54.6 Å². The lowest BCUT2D eigenvalue weighted by Gasteiger charge is -2.36. The third-order valence-corrected chi connectivity index (χ3v) is 6.14. The molecule has 2 aromatic rings. The van der Waals surface area contributed by atoms with E-state index in [-0.39, 0.29) is 29.7 Å². The molecule has 1 saturated heterocycles. The minimum Gasteiger partial charge on any atom is -0.497 e. The lowest BCUT2D eigenvalue weighted by Crippen LogP contribution is -2.54.